The van der Waals surface area contributed by atoms with Gasteiger partial charge in [-0.2, -0.15) is 0 Å². The predicted molar refractivity (Wildman–Crippen MR) is 82.8 cm³/mol. The van der Waals surface area contributed by atoms with Crippen LogP contribution in [-0.4, -0.2) is 22.8 Å². The average Bonchev–Trinajstić information content (AvgIpc) is 2.53. The van der Waals surface area contributed by atoms with E-state index in [0.29, 0.717) is 5.82 Å². The van der Waals surface area contributed by atoms with Gasteiger partial charge in [0.05, 0.1) is 0 Å². The molecule has 3 N–H and O–H groups in total. The molecule has 0 aliphatic carbocycles. The monoisotopic (exact) mass is 287 g/mol. The van der Waals surface area contributed by atoms with Crippen molar-refractivity contribution in [2.24, 2.45) is 5.84 Å². The van der Waals surface area contributed by atoms with Gasteiger partial charge < -0.3 is 10.3 Å². The predicted octanol–water partition coefficient (Wildman–Crippen LogP) is 2.05. The summed E-state index contributed by atoms with van der Waals surface area (Å²) < 4.78 is 0. The largest absolute Gasteiger partial charge is 0.352 e. The number of hydrogen-bond donors (Lipinski definition) is 2. The SMILES string of the molecule is CSc1nc(NN)cc(N2CCc3ccccc3C2)n1. The van der Waals surface area contributed by atoms with Gasteiger partial charge in [-0.05, 0) is 23.8 Å². The minimum absolute atomic E-state index is 0.651. The molecular weight excluding hydrogens is 270 g/mol. The Morgan fingerprint density at radius 2 is 2.05 bits per heavy atom. The Hall–Kier alpha value is -1.79. The van der Waals surface area contributed by atoms with Crippen LogP contribution >= 0.6 is 11.8 Å². The zero-order chi connectivity index (χ0) is 13.9. The number of nitrogens with zero attached hydrogens (tertiary/aromatic N) is 3. The van der Waals surface area contributed by atoms with E-state index in [-0.39, 0.29) is 0 Å². The molecular formula is C14H17N5S. The van der Waals surface area contributed by atoms with Crippen molar-refractivity contribution < 1.29 is 0 Å². The lowest BCUT2D eigenvalue weighted by atomic mass is 10.00. The quantitative estimate of drug-likeness (QED) is 0.390. The van der Waals surface area contributed by atoms with Gasteiger partial charge in [0.25, 0.3) is 0 Å². The zero-order valence-corrected chi connectivity index (χ0v) is 12.2. The second-order valence-electron chi connectivity index (χ2n) is 4.68. The van der Waals surface area contributed by atoms with Crippen LogP contribution < -0.4 is 16.2 Å². The van der Waals surface area contributed by atoms with Gasteiger partial charge in [0.1, 0.15) is 11.6 Å². The van der Waals surface area contributed by atoms with E-state index in [9.17, 15) is 0 Å². The van der Waals surface area contributed by atoms with E-state index in [4.69, 9.17) is 5.84 Å². The molecule has 5 nitrogen and oxygen atoms in total. The highest BCUT2D eigenvalue weighted by Crippen LogP contribution is 2.25. The smallest absolute Gasteiger partial charge is 0.191 e. The standard InChI is InChI=1S/C14H17N5S/c1-20-14-16-12(18-15)8-13(17-14)19-7-6-10-4-2-3-5-11(10)9-19/h2-5,8H,6-7,9,15H2,1H3,(H,16,17,18). The Morgan fingerprint density at radius 1 is 1.25 bits per heavy atom. The van der Waals surface area contributed by atoms with Crippen LogP contribution in [0.15, 0.2) is 35.5 Å². The number of aromatic nitrogens is 2. The summed E-state index contributed by atoms with van der Waals surface area (Å²) in [5.74, 6) is 7.05. The second kappa shape index (κ2) is 5.68. The molecule has 1 aliphatic heterocycles. The second-order valence-corrected chi connectivity index (χ2v) is 5.46. The van der Waals surface area contributed by atoms with Gasteiger partial charge >= 0.3 is 0 Å². The molecule has 1 aromatic heterocycles. The minimum atomic E-state index is 0.651. The van der Waals surface area contributed by atoms with Crippen molar-refractivity contribution >= 4 is 23.4 Å². The lowest BCUT2D eigenvalue weighted by Gasteiger charge is -2.30. The molecule has 2 aromatic rings. The lowest BCUT2D eigenvalue weighted by molar-refractivity contribution is 0.712. The first kappa shape index (κ1) is 13.2. The highest BCUT2D eigenvalue weighted by Gasteiger charge is 2.18. The minimum Gasteiger partial charge on any atom is -0.352 e. The normalized spacial score (nSPS) is 14.0. The lowest BCUT2D eigenvalue weighted by Crippen LogP contribution is -2.31. The van der Waals surface area contributed by atoms with Crippen molar-refractivity contribution in [3.05, 3.63) is 41.5 Å². The molecule has 0 spiro atoms. The Bertz CT molecular complexity index is 594. The molecule has 3 rings (SSSR count). The first-order valence-corrected chi connectivity index (χ1v) is 7.74. The molecule has 0 saturated heterocycles. The van der Waals surface area contributed by atoms with Crippen molar-refractivity contribution in [2.45, 2.75) is 18.1 Å². The number of hydrazine groups is 1. The van der Waals surface area contributed by atoms with Crippen molar-refractivity contribution in [3.8, 4) is 0 Å². The van der Waals surface area contributed by atoms with E-state index < -0.39 is 0 Å². The molecule has 2 heterocycles. The summed E-state index contributed by atoms with van der Waals surface area (Å²) in [5.41, 5.74) is 5.41. The van der Waals surface area contributed by atoms with Gasteiger partial charge in [0.2, 0.25) is 0 Å². The molecule has 6 heteroatoms. The number of nitrogens with one attached hydrogen (secondary N) is 1. The van der Waals surface area contributed by atoms with Gasteiger partial charge in [-0.1, -0.05) is 36.0 Å². The molecule has 0 bridgehead atoms. The van der Waals surface area contributed by atoms with Crippen molar-refractivity contribution in [1.82, 2.24) is 9.97 Å². The number of nitrogen functional groups attached to an aromatic ring is 1. The van der Waals surface area contributed by atoms with Crippen LogP contribution in [0.3, 0.4) is 0 Å². The number of nitrogens with two attached hydrogens (primary N) is 1. The van der Waals surface area contributed by atoms with Gasteiger partial charge in [0, 0.05) is 19.2 Å². The first-order chi connectivity index (χ1) is 9.80. The summed E-state index contributed by atoms with van der Waals surface area (Å²) in [4.78, 5) is 11.1. The fraction of sp³-hybridized carbons (Fsp3) is 0.286. The van der Waals surface area contributed by atoms with Crippen molar-refractivity contribution in [2.75, 3.05) is 23.1 Å². The van der Waals surface area contributed by atoms with Gasteiger partial charge in [-0.25, -0.2) is 15.8 Å². The number of anilines is 2. The van der Waals surface area contributed by atoms with Gasteiger partial charge in [-0.15, -0.1) is 0 Å². The Labute approximate surface area is 122 Å². The first-order valence-electron chi connectivity index (χ1n) is 6.51. The number of rotatable bonds is 3. The number of fused-ring (bicyclic) bond motifs is 1. The third-order valence-electron chi connectivity index (χ3n) is 3.48. The van der Waals surface area contributed by atoms with Crippen LogP contribution in [0.25, 0.3) is 0 Å². The molecule has 0 fully saturated rings. The third kappa shape index (κ3) is 2.57. The molecule has 0 radical (unpaired) electrons. The summed E-state index contributed by atoms with van der Waals surface area (Å²) in [6.07, 6.45) is 3.01. The van der Waals surface area contributed by atoms with Crippen LogP contribution in [0.5, 0.6) is 0 Å². The fourth-order valence-corrected chi connectivity index (χ4v) is 2.81. The molecule has 0 amide bonds. The van der Waals surface area contributed by atoms with Crippen LogP contribution in [0.4, 0.5) is 11.6 Å². The van der Waals surface area contributed by atoms with Crippen LogP contribution in [0, 0.1) is 0 Å². The van der Waals surface area contributed by atoms with E-state index >= 15 is 0 Å². The molecule has 0 atom stereocenters. The van der Waals surface area contributed by atoms with E-state index in [1.807, 2.05) is 12.3 Å². The van der Waals surface area contributed by atoms with Crippen molar-refractivity contribution in [1.29, 1.82) is 0 Å². The fourth-order valence-electron chi connectivity index (χ4n) is 2.43. The van der Waals surface area contributed by atoms with Crippen molar-refractivity contribution in [3.63, 3.8) is 0 Å². The van der Waals surface area contributed by atoms with E-state index in [1.165, 1.54) is 22.9 Å². The zero-order valence-electron chi connectivity index (χ0n) is 11.3. The van der Waals surface area contributed by atoms with Crippen LogP contribution in [0.1, 0.15) is 11.1 Å². The van der Waals surface area contributed by atoms with Crippen LogP contribution in [-0.2, 0) is 13.0 Å². The molecule has 104 valence electrons. The number of benzene rings is 1. The summed E-state index contributed by atoms with van der Waals surface area (Å²) in [6, 6.07) is 10.5. The van der Waals surface area contributed by atoms with E-state index in [1.54, 1.807) is 0 Å². The maximum absolute atomic E-state index is 5.48. The summed E-state index contributed by atoms with van der Waals surface area (Å²) in [7, 11) is 0. The Balaban J connectivity index is 1.91. The van der Waals surface area contributed by atoms with Crippen LogP contribution in [0.2, 0.25) is 0 Å². The summed E-state index contributed by atoms with van der Waals surface area (Å²) in [6.45, 7) is 1.84. The Kier molecular flexibility index (Phi) is 3.75. The molecule has 1 aromatic carbocycles. The Morgan fingerprint density at radius 3 is 2.80 bits per heavy atom. The van der Waals surface area contributed by atoms with Gasteiger partial charge in [-0.3, -0.25) is 0 Å². The molecule has 20 heavy (non-hydrogen) atoms. The molecule has 0 saturated carbocycles. The van der Waals surface area contributed by atoms with Gasteiger partial charge in [0.15, 0.2) is 5.16 Å². The van der Waals surface area contributed by atoms with E-state index in [2.05, 4.69) is 44.6 Å². The van der Waals surface area contributed by atoms with E-state index in [0.717, 1.165) is 30.5 Å². The molecule has 1 aliphatic rings. The molecule has 0 unspecified atom stereocenters. The number of hydrogen-bond acceptors (Lipinski definition) is 6. The summed E-state index contributed by atoms with van der Waals surface area (Å²) in [5, 5.41) is 0.731. The summed E-state index contributed by atoms with van der Waals surface area (Å²) >= 11 is 1.52. The number of thioether (sulfide) groups is 1. The maximum Gasteiger partial charge on any atom is 0.191 e. The average molecular weight is 287 g/mol. The highest BCUT2D eigenvalue weighted by molar-refractivity contribution is 7.98. The maximum atomic E-state index is 5.48. The highest BCUT2D eigenvalue weighted by atomic mass is 32.2. The third-order valence-corrected chi connectivity index (χ3v) is 4.02. The topological polar surface area (TPSA) is 67.1 Å².